The predicted octanol–water partition coefficient (Wildman–Crippen LogP) is 3.83. The van der Waals surface area contributed by atoms with Crippen LogP contribution < -0.4 is 0 Å². The Labute approximate surface area is 71.7 Å². The molecule has 64 valence electrons. The van der Waals surface area contributed by atoms with Crippen LogP contribution in [-0.2, 0) is 0 Å². The van der Waals surface area contributed by atoms with Gasteiger partial charge < -0.3 is 0 Å². The molecule has 1 fully saturated rings. The molecule has 0 unspecified atom stereocenters. The second kappa shape index (κ2) is 3.57. The van der Waals surface area contributed by atoms with Gasteiger partial charge in [-0.25, -0.2) is 0 Å². The van der Waals surface area contributed by atoms with E-state index in [-0.39, 0.29) is 0 Å². The molecule has 1 saturated heterocycles. The van der Waals surface area contributed by atoms with E-state index in [1.165, 1.54) is 24.9 Å². The van der Waals surface area contributed by atoms with Crippen LogP contribution in [0.2, 0.25) is 24.2 Å². The second-order valence-electron chi connectivity index (χ2n) is 4.10. The van der Waals surface area contributed by atoms with Crippen LogP contribution in [-0.4, -0.2) is 8.07 Å². The lowest BCUT2D eigenvalue weighted by atomic mass is 10.4. The Kier molecular flexibility index (Phi) is 2.94. The van der Waals surface area contributed by atoms with Gasteiger partial charge in [0.15, 0.2) is 0 Å². The highest BCUT2D eigenvalue weighted by molar-refractivity contribution is 6.84. The highest BCUT2D eigenvalue weighted by Gasteiger charge is 2.39. The van der Waals surface area contributed by atoms with Gasteiger partial charge in [-0.3, -0.25) is 0 Å². The van der Waals surface area contributed by atoms with E-state index >= 15 is 0 Å². The average molecular weight is 168 g/mol. The molecule has 0 spiro atoms. The molecule has 0 atom stereocenters. The summed E-state index contributed by atoms with van der Waals surface area (Å²) in [5.74, 6) is 0. The SMILES string of the molecule is C=C1C[Si](CCC)(CCC)C1. The van der Waals surface area contributed by atoms with Crippen molar-refractivity contribution < 1.29 is 0 Å². The van der Waals surface area contributed by atoms with E-state index in [1.807, 2.05) is 0 Å². The van der Waals surface area contributed by atoms with Crippen molar-refractivity contribution >= 4 is 8.07 Å². The highest BCUT2D eigenvalue weighted by atomic mass is 28.3. The van der Waals surface area contributed by atoms with Crippen molar-refractivity contribution in [3.8, 4) is 0 Å². The molecule has 0 aromatic heterocycles. The van der Waals surface area contributed by atoms with Crippen LogP contribution in [0.1, 0.15) is 26.7 Å². The Bertz CT molecular complexity index is 133. The van der Waals surface area contributed by atoms with Crippen molar-refractivity contribution in [1.82, 2.24) is 0 Å². The van der Waals surface area contributed by atoms with Crippen molar-refractivity contribution in [1.29, 1.82) is 0 Å². The molecule has 0 nitrogen and oxygen atoms in total. The molecule has 0 aromatic rings. The highest BCUT2D eigenvalue weighted by Crippen LogP contribution is 2.43. The first-order valence-electron chi connectivity index (χ1n) is 4.89. The third-order valence-electron chi connectivity index (χ3n) is 2.81. The fourth-order valence-corrected chi connectivity index (χ4v) is 7.64. The van der Waals surface area contributed by atoms with Crippen LogP contribution in [0.4, 0.5) is 0 Å². The molecule has 0 amide bonds. The molecular formula is C10H20Si. The lowest BCUT2D eigenvalue weighted by Gasteiger charge is -2.42. The number of rotatable bonds is 4. The van der Waals surface area contributed by atoms with Gasteiger partial charge in [0.25, 0.3) is 0 Å². The smallest absolute Gasteiger partial charge is 0.0615 e. The van der Waals surface area contributed by atoms with Crippen molar-refractivity contribution in [2.45, 2.75) is 50.9 Å². The lowest BCUT2D eigenvalue weighted by Crippen LogP contribution is -2.42. The fraction of sp³-hybridized carbons (Fsp3) is 0.800. The minimum absolute atomic E-state index is 0.705. The Morgan fingerprint density at radius 1 is 1.18 bits per heavy atom. The molecule has 0 radical (unpaired) electrons. The maximum atomic E-state index is 4.05. The van der Waals surface area contributed by atoms with E-state index in [2.05, 4.69) is 20.4 Å². The second-order valence-corrected chi connectivity index (χ2v) is 8.81. The first-order chi connectivity index (χ1) is 5.22. The van der Waals surface area contributed by atoms with Crippen LogP contribution in [0.15, 0.2) is 12.2 Å². The van der Waals surface area contributed by atoms with Gasteiger partial charge in [-0.1, -0.05) is 44.4 Å². The first kappa shape index (κ1) is 9.05. The molecule has 0 aromatic carbocycles. The van der Waals surface area contributed by atoms with Crippen LogP contribution in [0.5, 0.6) is 0 Å². The van der Waals surface area contributed by atoms with Crippen molar-refractivity contribution in [3.05, 3.63) is 12.2 Å². The molecule has 0 saturated carbocycles. The third kappa shape index (κ3) is 1.96. The van der Waals surface area contributed by atoms with Gasteiger partial charge in [-0.2, -0.15) is 0 Å². The minimum atomic E-state index is -0.705. The predicted molar refractivity (Wildman–Crippen MR) is 54.7 cm³/mol. The Morgan fingerprint density at radius 2 is 1.64 bits per heavy atom. The molecular weight excluding hydrogens is 148 g/mol. The summed E-state index contributed by atoms with van der Waals surface area (Å²) in [5.41, 5.74) is 1.54. The molecule has 1 aliphatic rings. The molecule has 1 aliphatic heterocycles. The molecule has 0 N–H and O–H groups in total. The van der Waals surface area contributed by atoms with E-state index in [0.717, 1.165) is 0 Å². The lowest BCUT2D eigenvalue weighted by molar-refractivity contribution is 0.917. The summed E-state index contributed by atoms with van der Waals surface area (Å²) in [4.78, 5) is 0. The van der Waals surface area contributed by atoms with Crippen LogP contribution in [0.3, 0.4) is 0 Å². The van der Waals surface area contributed by atoms with Crippen molar-refractivity contribution in [2.75, 3.05) is 0 Å². The van der Waals surface area contributed by atoms with Gasteiger partial charge in [0.1, 0.15) is 0 Å². The standard InChI is InChI=1S/C10H20Si/c1-4-6-11(7-5-2)8-10(3)9-11/h3-9H2,1-2H3. The summed E-state index contributed by atoms with van der Waals surface area (Å²) < 4.78 is 0. The number of hydrogen-bond donors (Lipinski definition) is 0. The zero-order chi connectivity index (χ0) is 8.32. The van der Waals surface area contributed by atoms with Crippen LogP contribution in [0, 0.1) is 0 Å². The van der Waals surface area contributed by atoms with Crippen LogP contribution in [0.25, 0.3) is 0 Å². The maximum absolute atomic E-state index is 4.05. The Hall–Kier alpha value is -0.0431. The summed E-state index contributed by atoms with van der Waals surface area (Å²) in [5, 5.41) is 0. The Morgan fingerprint density at radius 3 is 1.91 bits per heavy atom. The van der Waals surface area contributed by atoms with Gasteiger partial charge in [-0.15, -0.1) is 6.58 Å². The molecule has 1 rings (SSSR count). The zero-order valence-electron chi connectivity index (χ0n) is 7.95. The van der Waals surface area contributed by atoms with Gasteiger partial charge in [0, 0.05) is 0 Å². The van der Waals surface area contributed by atoms with Crippen molar-refractivity contribution in [2.24, 2.45) is 0 Å². The largest absolute Gasteiger partial charge is 0.100 e. The number of allylic oxidation sites excluding steroid dienone is 1. The first-order valence-corrected chi connectivity index (χ1v) is 7.72. The zero-order valence-corrected chi connectivity index (χ0v) is 8.95. The summed E-state index contributed by atoms with van der Waals surface area (Å²) >= 11 is 0. The van der Waals surface area contributed by atoms with Gasteiger partial charge >= 0.3 is 0 Å². The Balaban J connectivity index is 2.39. The normalized spacial score (nSPS) is 21.5. The molecule has 1 heterocycles. The molecule has 11 heavy (non-hydrogen) atoms. The van der Waals surface area contributed by atoms with Crippen molar-refractivity contribution in [3.63, 3.8) is 0 Å². The minimum Gasteiger partial charge on any atom is -0.100 e. The molecule has 0 aliphatic carbocycles. The topological polar surface area (TPSA) is 0 Å². The monoisotopic (exact) mass is 168 g/mol. The van der Waals surface area contributed by atoms with Gasteiger partial charge in [0.05, 0.1) is 8.07 Å². The summed E-state index contributed by atoms with van der Waals surface area (Å²) in [6.45, 7) is 8.70. The maximum Gasteiger partial charge on any atom is 0.0615 e. The van der Waals surface area contributed by atoms with E-state index in [4.69, 9.17) is 0 Å². The molecule has 0 bridgehead atoms. The number of hydrogen-bond acceptors (Lipinski definition) is 0. The summed E-state index contributed by atoms with van der Waals surface area (Å²) in [6, 6.07) is 6.02. The van der Waals surface area contributed by atoms with E-state index in [0.29, 0.717) is 0 Å². The van der Waals surface area contributed by atoms with E-state index < -0.39 is 8.07 Å². The van der Waals surface area contributed by atoms with E-state index in [1.54, 1.807) is 17.7 Å². The van der Waals surface area contributed by atoms with Gasteiger partial charge in [-0.05, 0) is 12.1 Å². The van der Waals surface area contributed by atoms with Gasteiger partial charge in [0.2, 0.25) is 0 Å². The van der Waals surface area contributed by atoms with E-state index in [9.17, 15) is 0 Å². The van der Waals surface area contributed by atoms with Crippen LogP contribution >= 0.6 is 0 Å². The quantitative estimate of drug-likeness (QED) is 0.442. The third-order valence-corrected chi connectivity index (χ3v) is 8.43. The summed E-state index contributed by atoms with van der Waals surface area (Å²) in [6.07, 6.45) is 2.80. The summed E-state index contributed by atoms with van der Waals surface area (Å²) in [7, 11) is -0.705. The average Bonchev–Trinajstić information content (AvgIpc) is 1.86. The fourth-order valence-electron chi connectivity index (χ4n) is 2.55. The molecule has 1 heteroatoms.